The molecule has 0 spiro atoms. The molecule has 9 aromatic carbocycles. The van der Waals surface area contributed by atoms with Crippen LogP contribution in [-0.2, 0) is 0 Å². The molecule has 0 fully saturated rings. The van der Waals surface area contributed by atoms with Gasteiger partial charge in [0.15, 0.2) is 0 Å². The lowest BCUT2D eigenvalue weighted by atomic mass is 9.95. The van der Waals surface area contributed by atoms with Gasteiger partial charge in [-0.05, 0) is 143 Å². The van der Waals surface area contributed by atoms with Crippen molar-refractivity contribution in [3.05, 3.63) is 207 Å². The van der Waals surface area contributed by atoms with E-state index >= 15 is 0 Å². The van der Waals surface area contributed by atoms with Gasteiger partial charge in [-0.2, -0.15) is 0 Å². The molecule has 2 nitrogen and oxygen atoms in total. The first-order valence-corrected chi connectivity index (χ1v) is 19.1. The van der Waals surface area contributed by atoms with Gasteiger partial charge in [-0.3, -0.25) is 4.98 Å². The second-order valence-electron chi connectivity index (χ2n) is 14.7. The normalized spacial score (nSPS) is 11.6. The summed E-state index contributed by atoms with van der Waals surface area (Å²) in [4.78, 5) is 9.61. The number of hydrogen-bond donors (Lipinski definition) is 0. The molecule has 0 saturated carbocycles. The predicted octanol–water partition coefficient (Wildman–Crippen LogP) is 14.6. The molecule has 0 bridgehead atoms. The van der Waals surface area contributed by atoms with Crippen LogP contribution in [-0.4, -0.2) is 9.97 Å². The van der Waals surface area contributed by atoms with E-state index in [1.165, 1.54) is 70.7 Å². The van der Waals surface area contributed by atoms with Crippen molar-refractivity contribution in [2.75, 3.05) is 0 Å². The molecule has 11 aromatic rings. The Morgan fingerprint density at radius 2 is 0.607 bits per heavy atom. The minimum absolute atomic E-state index is 0.944. The maximum atomic E-state index is 5.33. The maximum absolute atomic E-state index is 5.33. The van der Waals surface area contributed by atoms with Gasteiger partial charge in [0.25, 0.3) is 0 Å². The molecule has 2 heteroatoms. The fourth-order valence-electron chi connectivity index (χ4n) is 8.16. The molecule has 11 rings (SSSR count). The predicted molar refractivity (Wildman–Crippen MR) is 237 cm³/mol. The largest absolute Gasteiger partial charge is 0.264 e. The molecule has 0 aliphatic heterocycles. The van der Waals surface area contributed by atoms with E-state index in [4.69, 9.17) is 4.98 Å². The molecule has 0 atom stereocenters. The van der Waals surface area contributed by atoms with Crippen molar-refractivity contribution in [2.24, 2.45) is 0 Å². The molecule has 0 unspecified atom stereocenters. The molecule has 2 aromatic heterocycles. The fraction of sp³-hybridized carbons (Fsp3) is 0. The Morgan fingerprint density at radius 3 is 1.18 bits per heavy atom. The van der Waals surface area contributed by atoms with Crippen LogP contribution in [0.1, 0.15) is 0 Å². The quantitative estimate of drug-likeness (QED) is 0.166. The van der Waals surface area contributed by atoms with Crippen LogP contribution in [0.5, 0.6) is 0 Å². The van der Waals surface area contributed by atoms with Gasteiger partial charge >= 0.3 is 0 Å². The Bertz CT molecular complexity index is 3290. The highest BCUT2D eigenvalue weighted by Gasteiger charge is 2.12. The zero-order chi connectivity index (χ0) is 37.0. The average Bonchev–Trinajstić information content (AvgIpc) is 3.27. The van der Waals surface area contributed by atoms with Crippen LogP contribution in [0.2, 0.25) is 0 Å². The highest BCUT2D eigenvalue weighted by atomic mass is 14.7. The first kappa shape index (κ1) is 32.0. The first-order chi connectivity index (χ1) is 27.7. The van der Waals surface area contributed by atoms with Gasteiger partial charge in [0.05, 0.1) is 11.4 Å². The molecule has 0 aliphatic rings. The number of pyridine rings is 2. The molecule has 56 heavy (non-hydrogen) atoms. The molecule has 0 N–H and O–H groups in total. The summed E-state index contributed by atoms with van der Waals surface area (Å²) in [5.74, 6) is 0. The van der Waals surface area contributed by atoms with E-state index in [9.17, 15) is 0 Å². The summed E-state index contributed by atoms with van der Waals surface area (Å²) in [7, 11) is 0. The smallest absolute Gasteiger partial charge is 0.0715 e. The zero-order valence-corrected chi connectivity index (χ0v) is 30.5. The van der Waals surface area contributed by atoms with Crippen molar-refractivity contribution in [3.8, 4) is 55.9 Å². The van der Waals surface area contributed by atoms with E-state index < -0.39 is 0 Å². The Balaban J connectivity index is 0.990. The van der Waals surface area contributed by atoms with Gasteiger partial charge in [-0.15, -0.1) is 0 Å². The van der Waals surface area contributed by atoms with Crippen molar-refractivity contribution in [1.29, 1.82) is 0 Å². The Hall–Kier alpha value is -7.42. The van der Waals surface area contributed by atoms with Crippen LogP contribution in [0.4, 0.5) is 0 Å². The summed E-state index contributed by atoms with van der Waals surface area (Å²) < 4.78 is 0. The third-order valence-electron chi connectivity index (χ3n) is 11.2. The maximum Gasteiger partial charge on any atom is 0.0715 e. The van der Waals surface area contributed by atoms with E-state index in [2.05, 4.69) is 199 Å². The summed E-state index contributed by atoms with van der Waals surface area (Å²) in [6.07, 6.45) is 3.76. The topological polar surface area (TPSA) is 25.8 Å². The number of nitrogens with zero attached hydrogens (tertiary/aromatic N) is 2. The third-order valence-corrected chi connectivity index (χ3v) is 11.2. The Labute approximate surface area is 325 Å². The van der Waals surface area contributed by atoms with Crippen molar-refractivity contribution in [2.45, 2.75) is 0 Å². The third kappa shape index (κ3) is 5.85. The van der Waals surface area contributed by atoms with Crippen LogP contribution in [0.3, 0.4) is 0 Å². The van der Waals surface area contributed by atoms with Crippen molar-refractivity contribution < 1.29 is 0 Å². The van der Waals surface area contributed by atoms with Crippen LogP contribution in [0.15, 0.2) is 207 Å². The second-order valence-corrected chi connectivity index (χ2v) is 14.7. The Kier molecular flexibility index (Phi) is 7.53. The summed E-state index contributed by atoms with van der Waals surface area (Å²) in [6, 6.07) is 70.6. The summed E-state index contributed by atoms with van der Waals surface area (Å²) >= 11 is 0. The van der Waals surface area contributed by atoms with E-state index in [-0.39, 0.29) is 0 Å². The first-order valence-electron chi connectivity index (χ1n) is 19.1. The van der Waals surface area contributed by atoms with Gasteiger partial charge in [0.2, 0.25) is 0 Å². The molecule has 0 saturated heterocycles. The highest BCUT2D eigenvalue weighted by Crippen LogP contribution is 2.35. The molecule has 0 radical (unpaired) electrons. The number of rotatable bonds is 5. The number of benzene rings is 9. The minimum atomic E-state index is 0.944. The van der Waals surface area contributed by atoms with Crippen LogP contribution in [0.25, 0.3) is 110 Å². The minimum Gasteiger partial charge on any atom is -0.264 e. The van der Waals surface area contributed by atoms with E-state index in [0.29, 0.717) is 0 Å². The molecule has 2 heterocycles. The van der Waals surface area contributed by atoms with Gasteiger partial charge < -0.3 is 0 Å². The second kappa shape index (κ2) is 13.2. The number of aromatic nitrogens is 2. The van der Waals surface area contributed by atoms with E-state index in [1.807, 2.05) is 12.4 Å². The number of hydrogen-bond acceptors (Lipinski definition) is 2. The summed E-state index contributed by atoms with van der Waals surface area (Å²) in [5.41, 5.74) is 11.1. The van der Waals surface area contributed by atoms with Gasteiger partial charge in [0, 0.05) is 28.9 Å². The number of fused-ring (bicyclic) bond motifs is 5. The van der Waals surface area contributed by atoms with Gasteiger partial charge in [0.1, 0.15) is 0 Å². The highest BCUT2D eigenvalue weighted by molar-refractivity contribution is 6.01. The SMILES string of the molecule is c1ccc2cc3cc(-c4ccc(-c5cc(-c6ccc(-c7ccc8cnccc8c7)cc6)cc(-c6ccc7cc8ccccc8cc7c6)n5)cc4)ccc3cc2c1. The molecule has 260 valence electrons. The zero-order valence-electron chi connectivity index (χ0n) is 30.5. The van der Waals surface area contributed by atoms with Crippen LogP contribution in [0, 0.1) is 0 Å². The lowest BCUT2D eigenvalue weighted by Gasteiger charge is -2.13. The summed E-state index contributed by atoms with van der Waals surface area (Å²) in [5, 5.41) is 12.3. The molecule has 0 amide bonds. The lowest BCUT2D eigenvalue weighted by Crippen LogP contribution is -1.92. The Morgan fingerprint density at radius 1 is 0.232 bits per heavy atom. The molecular weight excluding hydrogens is 677 g/mol. The van der Waals surface area contributed by atoms with E-state index in [1.54, 1.807) is 0 Å². The van der Waals surface area contributed by atoms with Crippen molar-refractivity contribution in [3.63, 3.8) is 0 Å². The average molecular weight is 711 g/mol. The van der Waals surface area contributed by atoms with Crippen molar-refractivity contribution >= 4 is 53.9 Å². The fourth-order valence-corrected chi connectivity index (χ4v) is 8.16. The molecular formula is C54H34N2. The van der Waals surface area contributed by atoms with Crippen molar-refractivity contribution in [1.82, 2.24) is 9.97 Å². The monoisotopic (exact) mass is 710 g/mol. The van der Waals surface area contributed by atoms with Gasteiger partial charge in [-0.1, -0.05) is 133 Å². The molecule has 0 aliphatic carbocycles. The van der Waals surface area contributed by atoms with Gasteiger partial charge in [-0.25, -0.2) is 4.98 Å². The lowest BCUT2D eigenvalue weighted by molar-refractivity contribution is 1.32. The standard InChI is InChI=1S/C54H34N2/c1-3-7-41-28-50-30-44(17-18-45(50)25-39(41)5-1)36-13-15-38(16-14-36)53-32-52(37-11-9-35(10-12-37)43-20-22-49-34-55-24-23-47(49)27-43)33-54(56-53)48-21-19-46-26-40-6-2-4-8-42(40)29-51(46)31-48/h1-34H. The van der Waals surface area contributed by atoms with Crippen LogP contribution < -0.4 is 0 Å². The van der Waals surface area contributed by atoms with E-state index in [0.717, 1.165) is 39.0 Å². The van der Waals surface area contributed by atoms with Crippen LogP contribution >= 0.6 is 0 Å². The summed E-state index contributed by atoms with van der Waals surface area (Å²) in [6.45, 7) is 0.